The molecule has 3 aliphatic rings. The van der Waals surface area contributed by atoms with Crippen molar-refractivity contribution in [1.29, 1.82) is 5.26 Å². The van der Waals surface area contributed by atoms with Crippen LogP contribution in [0.25, 0.3) is 0 Å². The smallest absolute Gasteiger partial charge is 0.254 e. The number of benzene rings is 2. The Balaban J connectivity index is 1.36. The van der Waals surface area contributed by atoms with Gasteiger partial charge in [-0.2, -0.15) is 10.4 Å². The van der Waals surface area contributed by atoms with Crippen LogP contribution < -0.4 is 5.43 Å². The average molecular weight is 538 g/mol. The molecule has 2 aromatic rings. The molecule has 2 saturated carbocycles. The maximum atomic E-state index is 14.0. The normalized spacial score (nSPS) is 21.4. The summed E-state index contributed by atoms with van der Waals surface area (Å²) in [7, 11) is 0. The summed E-state index contributed by atoms with van der Waals surface area (Å²) in [4.78, 5) is 21.0. The lowest BCUT2D eigenvalue weighted by Gasteiger charge is -2.34. The quantitative estimate of drug-likeness (QED) is 0.157. The third-order valence-electron chi connectivity index (χ3n) is 9.44. The minimum Gasteiger partial charge on any atom is -0.339 e. The number of nitriles is 1. The van der Waals surface area contributed by atoms with Gasteiger partial charge in [0.2, 0.25) is 0 Å². The van der Waals surface area contributed by atoms with Gasteiger partial charge in [0.15, 0.2) is 0 Å². The first-order chi connectivity index (χ1) is 19.5. The number of rotatable bonds is 10. The van der Waals surface area contributed by atoms with Gasteiger partial charge < -0.3 is 4.90 Å². The van der Waals surface area contributed by atoms with Gasteiger partial charge in [-0.15, -0.1) is 0 Å². The van der Waals surface area contributed by atoms with E-state index in [-0.39, 0.29) is 5.91 Å². The van der Waals surface area contributed by atoms with E-state index >= 15 is 0 Å². The molecule has 210 valence electrons. The topological polar surface area (TPSA) is 80.8 Å². The summed E-state index contributed by atoms with van der Waals surface area (Å²) < 4.78 is 0. The molecule has 0 radical (unpaired) electrons. The Hall–Kier alpha value is -3.46. The fourth-order valence-corrected chi connectivity index (χ4v) is 6.43. The number of aryl methyl sites for hydroxylation is 1. The van der Waals surface area contributed by atoms with Crippen molar-refractivity contribution in [2.24, 2.45) is 21.9 Å². The van der Waals surface area contributed by atoms with Crippen LogP contribution in [-0.2, 0) is 6.42 Å². The fraction of sp³-hybridized carbons (Fsp3) is 0.529. The molecule has 1 saturated heterocycles. The highest BCUT2D eigenvalue weighted by Crippen LogP contribution is 2.41. The summed E-state index contributed by atoms with van der Waals surface area (Å²) in [5, 5.41) is 13.1. The number of nitrogens with one attached hydrogen (secondary N) is 1. The predicted octanol–water partition coefficient (Wildman–Crippen LogP) is 6.80. The van der Waals surface area contributed by atoms with Gasteiger partial charge in [-0.05, 0) is 110 Å². The van der Waals surface area contributed by atoms with Gasteiger partial charge in [-0.3, -0.25) is 15.2 Å². The summed E-state index contributed by atoms with van der Waals surface area (Å²) in [5.41, 5.74) is 9.26. The molecule has 40 heavy (non-hydrogen) atoms. The molecule has 2 unspecified atom stereocenters. The van der Waals surface area contributed by atoms with Crippen LogP contribution in [0.5, 0.6) is 0 Å². The van der Waals surface area contributed by atoms with Crippen molar-refractivity contribution in [1.82, 2.24) is 10.3 Å². The standard InChI is InChI=1S/C34H43N5O/c1-4-25-20-30(28-7-5-8-28)32(33(38-36-3)37-16-6-9-29-19-23(29)2)21-31(25)34(40)39-17-14-27(15-18-39)26-12-10-24(22-35)11-13-26/h10-13,20-21,23,27-29H,3-9,14-19H2,1-2H3,(H,37,38). The number of hydrogen-bond acceptors (Lipinski definition) is 4. The zero-order chi connectivity index (χ0) is 28.1. The summed E-state index contributed by atoms with van der Waals surface area (Å²) in [6, 6.07) is 14.5. The Morgan fingerprint density at radius 2 is 1.82 bits per heavy atom. The highest BCUT2D eigenvalue weighted by atomic mass is 16.2. The van der Waals surface area contributed by atoms with E-state index in [0.29, 0.717) is 17.4 Å². The van der Waals surface area contributed by atoms with E-state index in [1.165, 1.54) is 43.2 Å². The van der Waals surface area contributed by atoms with E-state index < -0.39 is 0 Å². The van der Waals surface area contributed by atoms with Crippen LogP contribution in [-0.4, -0.2) is 43.0 Å². The Morgan fingerprint density at radius 3 is 2.40 bits per heavy atom. The average Bonchev–Trinajstić information content (AvgIpc) is 3.67. The zero-order valence-corrected chi connectivity index (χ0v) is 24.2. The maximum Gasteiger partial charge on any atom is 0.254 e. The number of hydrazone groups is 1. The number of aliphatic imine (C=N–C) groups is 1. The van der Waals surface area contributed by atoms with Gasteiger partial charge in [0.05, 0.1) is 11.6 Å². The number of amidine groups is 1. The largest absolute Gasteiger partial charge is 0.339 e. The molecule has 0 bridgehead atoms. The van der Waals surface area contributed by atoms with E-state index in [4.69, 9.17) is 10.3 Å². The molecule has 0 spiro atoms. The van der Waals surface area contributed by atoms with Gasteiger partial charge in [0, 0.05) is 37.5 Å². The second-order valence-electron chi connectivity index (χ2n) is 12.0. The van der Waals surface area contributed by atoms with Gasteiger partial charge >= 0.3 is 0 Å². The molecular formula is C34H43N5O. The lowest BCUT2D eigenvalue weighted by atomic mass is 9.76. The van der Waals surface area contributed by atoms with Crippen molar-refractivity contribution in [2.45, 2.75) is 83.5 Å². The van der Waals surface area contributed by atoms with E-state index in [9.17, 15) is 4.79 Å². The lowest BCUT2D eigenvalue weighted by Crippen LogP contribution is -2.38. The van der Waals surface area contributed by atoms with E-state index in [1.54, 1.807) is 0 Å². The molecule has 2 aromatic carbocycles. The molecule has 0 aromatic heterocycles. The lowest BCUT2D eigenvalue weighted by molar-refractivity contribution is 0.0712. The molecule has 2 aliphatic carbocycles. The fourth-order valence-electron chi connectivity index (χ4n) is 6.43. The highest BCUT2D eigenvalue weighted by Gasteiger charge is 2.32. The summed E-state index contributed by atoms with van der Waals surface area (Å²) in [6.07, 6.45) is 9.95. The molecular weight excluding hydrogens is 494 g/mol. The number of amides is 1. The third kappa shape index (κ3) is 6.30. The van der Waals surface area contributed by atoms with Crippen LogP contribution in [0.4, 0.5) is 0 Å². The molecule has 2 atom stereocenters. The minimum absolute atomic E-state index is 0.116. The van der Waals surface area contributed by atoms with Crippen molar-refractivity contribution >= 4 is 18.5 Å². The van der Waals surface area contributed by atoms with Crippen LogP contribution in [0.3, 0.4) is 0 Å². The van der Waals surface area contributed by atoms with Crippen molar-refractivity contribution < 1.29 is 4.79 Å². The Kier molecular flexibility index (Phi) is 8.99. The third-order valence-corrected chi connectivity index (χ3v) is 9.44. The Morgan fingerprint density at radius 1 is 1.10 bits per heavy atom. The van der Waals surface area contributed by atoms with Crippen LogP contribution in [0.2, 0.25) is 0 Å². The first-order valence-electron chi connectivity index (χ1n) is 15.2. The highest BCUT2D eigenvalue weighted by molar-refractivity contribution is 6.04. The molecule has 1 aliphatic heterocycles. The number of carbonyl (C=O) groups is 1. The number of hydrogen-bond donors (Lipinski definition) is 1. The van der Waals surface area contributed by atoms with Crippen molar-refractivity contribution in [3.8, 4) is 6.07 Å². The molecule has 6 nitrogen and oxygen atoms in total. The van der Waals surface area contributed by atoms with Crippen LogP contribution >= 0.6 is 0 Å². The first-order valence-corrected chi connectivity index (χ1v) is 15.2. The van der Waals surface area contributed by atoms with Crippen molar-refractivity contribution in [2.75, 3.05) is 19.6 Å². The number of carbonyl (C=O) groups excluding carboxylic acids is 1. The van der Waals surface area contributed by atoms with E-state index in [0.717, 1.165) is 79.7 Å². The van der Waals surface area contributed by atoms with Gasteiger partial charge in [0.1, 0.15) is 5.84 Å². The Labute approximate surface area is 239 Å². The van der Waals surface area contributed by atoms with Crippen LogP contribution in [0.15, 0.2) is 46.5 Å². The summed E-state index contributed by atoms with van der Waals surface area (Å²) >= 11 is 0. The number of likely N-dealkylation sites (tertiary alicyclic amines) is 1. The van der Waals surface area contributed by atoms with Crippen molar-refractivity contribution in [3.63, 3.8) is 0 Å². The minimum atomic E-state index is 0.116. The van der Waals surface area contributed by atoms with Crippen LogP contribution in [0, 0.1) is 23.2 Å². The van der Waals surface area contributed by atoms with Crippen LogP contribution in [0.1, 0.15) is 115 Å². The molecule has 1 heterocycles. The number of nitrogens with zero attached hydrogens (tertiary/aromatic N) is 4. The Bertz CT molecular complexity index is 1280. The van der Waals surface area contributed by atoms with E-state index in [2.05, 4.69) is 61.4 Å². The number of piperidine rings is 1. The van der Waals surface area contributed by atoms with Crippen molar-refractivity contribution in [3.05, 3.63) is 69.8 Å². The second kappa shape index (κ2) is 12.8. The van der Waals surface area contributed by atoms with Gasteiger partial charge in [-0.1, -0.05) is 38.5 Å². The maximum absolute atomic E-state index is 14.0. The predicted molar refractivity (Wildman–Crippen MR) is 162 cm³/mol. The summed E-state index contributed by atoms with van der Waals surface area (Å²) in [5.74, 6) is 3.52. The SMILES string of the molecule is C=NNC(=NCCCC1CC1C)c1cc(C(=O)N2CCC(c3ccc(C#N)cc3)CC2)c(CC)cc1C1CCC1. The van der Waals surface area contributed by atoms with Gasteiger partial charge in [0.25, 0.3) is 5.91 Å². The molecule has 3 fully saturated rings. The molecule has 1 amide bonds. The van der Waals surface area contributed by atoms with E-state index in [1.807, 2.05) is 17.0 Å². The molecule has 5 rings (SSSR count). The zero-order valence-electron chi connectivity index (χ0n) is 24.2. The monoisotopic (exact) mass is 537 g/mol. The summed E-state index contributed by atoms with van der Waals surface area (Å²) in [6.45, 7) is 10.4. The first kappa shape index (κ1) is 28.1. The second-order valence-corrected chi connectivity index (χ2v) is 12.0. The van der Waals surface area contributed by atoms with Gasteiger partial charge in [-0.25, -0.2) is 0 Å². The molecule has 6 heteroatoms. The molecule has 1 N–H and O–H groups in total.